The van der Waals surface area contributed by atoms with Crippen LogP contribution >= 0.6 is 0 Å². The zero-order chi connectivity index (χ0) is 12.5. The molecule has 0 saturated carbocycles. The summed E-state index contributed by atoms with van der Waals surface area (Å²) in [5.74, 6) is 0. The van der Waals surface area contributed by atoms with E-state index in [0.717, 1.165) is 19.6 Å². The van der Waals surface area contributed by atoms with Gasteiger partial charge in [-0.15, -0.1) is 0 Å². The predicted octanol–water partition coefficient (Wildman–Crippen LogP) is 1.12. The fourth-order valence-corrected chi connectivity index (χ4v) is 1.65. The first kappa shape index (κ1) is 14.2. The Bertz CT molecular complexity index is 302. The normalized spacial score (nSPS) is 12.9. The third kappa shape index (κ3) is 5.30. The molecule has 1 aromatic heterocycles. The second-order valence-electron chi connectivity index (χ2n) is 4.01. The molecule has 1 rings (SSSR count). The molecular weight excluding hydrogens is 218 g/mol. The summed E-state index contributed by atoms with van der Waals surface area (Å²) in [5.41, 5.74) is 1.20. The molecule has 1 heterocycles. The zero-order valence-corrected chi connectivity index (χ0v) is 11.0. The lowest BCUT2D eigenvalue weighted by Gasteiger charge is -2.14. The van der Waals surface area contributed by atoms with E-state index in [-0.39, 0.29) is 0 Å². The molecule has 5 heteroatoms. The first-order chi connectivity index (χ1) is 8.25. The molecule has 0 radical (unpaired) electrons. The quantitative estimate of drug-likeness (QED) is 0.658. The third-order valence-corrected chi connectivity index (χ3v) is 2.65. The lowest BCUT2D eigenvalue weighted by Crippen LogP contribution is -2.23. The van der Waals surface area contributed by atoms with Gasteiger partial charge in [-0.25, -0.2) is 0 Å². The minimum absolute atomic E-state index is 0.321. The van der Waals surface area contributed by atoms with Gasteiger partial charge in [-0.1, -0.05) is 0 Å². The smallest absolute Gasteiger partial charge is 0.0700 e. The molecule has 0 saturated heterocycles. The second-order valence-corrected chi connectivity index (χ2v) is 4.01. The largest absolute Gasteiger partial charge is 0.382 e. The molecule has 17 heavy (non-hydrogen) atoms. The maximum atomic E-state index is 5.39. The Labute approximate surface area is 103 Å². The van der Waals surface area contributed by atoms with Gasteiger partial charge in [0, 0.05) is 33.0 Å². The second kappa shape index (κ2) is 8.22. The Morgan fingerprint density at radius 2 is 2.24 bits per heavy atom. The van der Waals surface area contributed by atoms with E-state index in [4.69, 9.17) is 9.47 Å². The van der Waals surface area contributed by atoms with Crippen molar-refractivity contribution < 1.29 is 9.47 Å². The average Bonchev–Trinajstić information content (AvgIpc) is 2.74. The summed E-state index contributed by atoms with van der Waals surface area (Å²) in [5, 5.41) is 7.60. The first-order valence-electron chi connectivity index (χ1n) is 6.03. The number of nitrogens with one attached hydrogen (secondary N) is 1. The summed E-state index contributed by atoms with van der Waals surface area (Å²) >= 11 is 0. The molecule has 0 aliphatic carbocycles. The third-order valence-electron chi connectivity index (χ3n) is 2.65. The van der Waals surface area contributed by atoms with E-state index >= 15 is 0 Å². The summed E-state index contributed by atoms with van der Waals surface area (Å²) < 4.78 is 12.2. The van der Waals surface area contributed by atoms with E-state index in [0.29, 0.717) is 19.3 Å². The molecule has 0 fully saturated rings. The van der Waals surface area contributed by atoms with Gasteiger partial charge in [-0.2, -0.15) is 5.10 Å². The number of nitrogens with zero attached hydrogens (tertiary/aromatic N) is 2. The van der Waals surface area contributed by atoms with Gasteiger partial charge in [0.2, 0.25) is 0 Å². The van der Waals surface area contributed by atoms with Crippen molar-refractivity contribution in [2.24, 2.45) is 7.05 Å². The van der Waals surface area contributed by atoms with E-state index in [1.807, 2.05) is 24.0 Å². The highest BCUT2D eigenvalue weighted by atomic mass is 16.5. The van der Waals surface area contributed by atoms with Gasteiger partial charge >= 0.3 is 0 Å². The maximum Gasteiger partial charge on any atom is 0.0700 e. The van der Waals surface area contributed by atoms with Crippen molar-refractivity contribution in [3.8, 4) is 0 Å². The first-order valence-corrected chi connectivity index (χ1v) is 6.03. The Morgan fingerprint density at radius 1 is 1.41 bits per heavy atom. The lowest BCUT2D eigenvalue weighted by atomic mass is 10.2. The van der Waals surface area contributed by atoms with Crippen molar-refractivity contribution in [2.45, 2.75) is 19.4 Å². The van der Waals surface area contributed by atoms with Crippen LogP contribution in [-0.2, 0) is 16.5 Å². The van der Waals surface area contributed by atoms with Crippen LogP contribution in [0.2, 0.25) is 0 Å². The number of hydrogen-bond donors (Lipinski definition) is 1. The standard InChI is InChI=1S/C12H23N3O2/c1-11(12-5-7-14-15(12)2)13-6-4-8-17-10-9-16-3/h5,7,11,13H,4,6,8-10H2,1-3H3. The number of aromatic nitrogens is 2. The Kier molecular flexibility index (Phi) is 6.84. The summed E-state index contributed by atoms with van der Waals surface area (Å²) in [7, 11) is 3.64. The number of aryl methyl sites for hydroxylation is 1. The van der Waals surface area contributed by atoms with Crippen LogP contribution in [0.15, 0.2) is 12.3 Å². The fraction of sp³-hybridized carbons (Fsp3) is 0.750. The SMILES string of the molecule is COCCOCCCNC(C)c1ccnn1C. The van der Waals surface area contributed by atoms with Crippen LogP contribution in [0, 0.1) is 0 Å². The molecule has 0 spiro atoms. The molecular formula is C12H23N3O2. The fourth-order valence-electron chi connectivity index (χ4n) is 1.65. The summed E-state index contributed by atoms with van der Waals surface area (Å²) in [6.07, 6.45) is 2.83. The van der Waals surface area contributed by atoms with Crippen molar-refractivity contribution in [1.82, 2.24) is 15.1 Å². The topological polar surface area (TPSA) is 48.3 Å². The monoisotopic (exact) mass is 241 g/mol. The number of methoxy groups -OCH3 is 1. The van der Waals surface area contributed by atoms with Crippen LogP contribution in [0.5, 0.6) is 0 Å². The minimum atomic E-state index is 0.321. The molecule has 1 atom stereocenters. The molecule has 0 aliphatic heterocycles. The van der Waals surface area contributed by atoms with Crippen LogP contribution in [0.25, 0.3) is 0 Å². The molecule has 5 nitrogen and oxygen atoms in total. The van der Waals surface area contributed by atoms with Crippen molar-refractivity contribution in [1.29, 1.82) is 0 Å². The van der Waals surface area contributed by atoms with Crippen molar-refractivity contribution >= 4 is 0 Å². The van der Waals surface area contributed by atoms with Crippen molar-refractivity contribution in [3.05, 3.63) is 18.0 Å². The number of rotatable bonds is 9. The molecule has 0 aromatic carbocycles. The van der Waals surface area contributed by atoms with Crippen molar-refractivity contribution in [3.63, 3.8) is 0 Å². The van der Waals surface area contributed by atoms with E-state index in [1.54, 1.807) is 7.11 Å². The van der Waals surface area contributed by atoms with Crippen LogP contribution < -0.4 is 5.32 Å². The van der Waals surface area contributed by atoms with Gasteiger partial charge < -0.3 is 14.8 Å². The van der Waals surface area contributed by atoms with Crippen LogP contribution in [-0.4, -0.2) is 43.3 Å². The highest BCUT2D eigenvalue weighted by molar-refractivity contribution is 5.04. The van der Waals surface area contributed by atoms with Gasteiger partial charge in [0.05, 0.1) is 18.9 Å². The van der Waals surface area contributed by atoms with Crippen LogP contribution in [0.3, 0.4) is 0 Å². The highest BCUT2D eigenvalue weighted by Gasteiger charge is 2.07. The molecule has 1 N–H and O–H groups in total. The van der Waals surface area contributed by atoms with E-state index in [1.165, 1.54) is 5.69 Å². The van der Waals surface area contributed by atoms with Gasteiger partial charge in [0.25, 0.3) is 0 Å². The van der Waals surface area contributed by atoms with Crippen LogP contribution in [0.4, 0.5) is 0 Å². The highest BCUT2D eigenvalue weighted by Crippen LogP contribution is 2.09. The molecule has 0 bridgehead atoms. The summed E-state index contributed by atoms with van der Waals surface area (Å²) in [4.78, 5) is 0. The van der Waals surface area contributed by atoms with E-state index in [2.05, 4.69) is 17.3 Å². The van der Waals surface area contributed by atoms with Crippen LogP contribution in [0.1, 0.15) is 25.1 Å². The van der Waals surface area contributed by atoms with Gasteiger partial charge in [-0.05, 0) is 26.0 Å². The molecule has 1 unspecified atom stereocenters. The molecule has 0 amide bonds. The van der Waals surface area contributed by atoms with E-state index in [9.17, 15) is 0 Å². The maximum absolute atomic E-state index is 5.39. The van der Waals surface area contributed by atoms with Gasteiger partial charge in [0.15, 0.2) is 0 Å². The Balaban J connectivity index is 2.05. The number of hydrogen-bond acceptors (Lipinski definition) is 4. The van der Waals surface area contributed by atoms with E-state index < -0.39 is 0 Å². The summed E-state index contributed by atoms with van der Waals surface area (Å²) in [6.45, 7) is 5.20. The van der Waals surface area contributed by atoms with Crippen molar-refractivity contribution in [2.75, 3.05) is 33.5 Å². The Morgan fingerprint density at radius 3 is 2.88 bits per heavy atom. The summed E-state index contributed by atoms with van der Waals surface area (Å²) in [6, 6.07) is 2.36. The Hall–Kier alpha value is -0.910. The molecule has 98 valence electrons. The molecule has 0 aliphatic rings. The minimum Gasteiger partial charge on any atom is -0.382 e. The van der Waals surface area contributed by atoms with Gasteiger partial charge in [-0.3, -0.25) is 4.68 Å². The van der Waals surface area contributed by atoms with Gasteiger partial charge in [0.1, 0.15) is 0 Å². The zero-order valence-electron chi connectivity index (χ0n) is 11.0. The lowest BCUT2D eigenvalue weighted by molar-refractivity contribution is 0.0693. The average molecular weight is 241 g/mol. The molecule has 1 aromatic rings. The predicted molar refractivity (Wildman–Crippen MR) is 66.9 cm³/mol. The number of ether oxygens (including phenoxy) is 2.